The van der Waals surface area contributed by atoms with Crippen molar-refractivity contribution in [3.63, 3.8) is 0 Å². The molecule has 1 unspecified atom stereocenters. The fourth-order valence-electron chi connectivity index (χ4n) is 3.81. The predicted octanol–water partition coefficient (Wildman–Crippen LogP) is 2.94. The van der Waals surface area contributed by atoms with E-state index in [-0.39, 0.29) is 11.2 Å². The summed E-state index contributed by atoms with van der Waals surface area (Å²) in [6, 6.07) is 0.476. The highest BCUT2D eigenvalue weighted by Crippen LogP contribution is 2.41. The number of amides is 1. The molecule has 1 aromatic rings. The molecule has 1 N–H and O–H groups in total. The number of allylic oxidation sites excluding steroid dienone is 1. The van der Waals surface area contributed by atoms with Gasteiger partial charge in [-0.1, -0.05) is 23.4 Å². The molecule has 7 nitrogen and oxygen atoms in total. The second-order valence-corrected chi connectivity index (χ2v) is 9.20. The number of nitrogens with zero attached hydrogens (tertiary/aromatic N) is 4. The van der Waals surface area contributed by atoms with Gasteiger partial charge >= 0.3 is 0 Å². The number of morpholine rings is 1. The molecular weight excluding hydrogens is 374 g/mol. The van der Waals surface area contributed by atoms with E-state index < -0.39 is 0 Å². The monoisotopic (exact) mass is 405 g/mol. The van der Waals surface area contributed by atoms with Crippen LogP contribution in [0.2, 0.25) is 0 Å². The second-order valence-electron chi connectivity index (χ2n) is 7.89. The first kappa shape index (κ1) is 19.8. The lowest BCUT2D eigenvalue weighted by Gasteiger charge is -2.28. The average molecular weight is 406 g/mol. The molecule has 0 aromatic carbocycles. The van der Waals surface area contributed by atoms with Crippen molar-refractivity contribution < 1.29 is 9.53 Å². The van der Waals surface area contributed by atoms with Crippen molar-refractivity contribution in [2.24, 2.45) is 0 Å². The summed E-state index contributed by atoms with van der Waals surface area (Å²) in [5.74, 6) is 1.02. The van der Waals surface area contributed by atoms with Gasteiger partial charge in [0.25, 0.3) is 0 Å². The largest absolute Gasteiger partial charge is 0.378 e. The van der Waals surface area contributed by atoms with Gasteiger partial charge in [-0.15, -0.1) is 10.2 Å². The van der Waals surface area contributed by atoms with E-state index in [1.807, 2.05) is 6.92 Å². The summed E-state index contributed by atoms with van der Waals surface area (Å²) in [5.41, 5.74) is 1.50. The van der Waals surface area contributed by atoms with Gasteiger partial charge in [0.2, 0.25) is 11.9 Å². The molecule has 3 aliphatic rings. The molecule has 0 radical (unpaired) electrons. The van der Waals surface area contributed by atoms with Crippen molar-refractivity contribution in [3.8, 4) is 0 Å². The number of ether oxygens (including phenoxy) is 1. The number of thioether (sulfide) groups is 1. The molecule has 28 heavy (non-hydrogen) atoms. The maximum atomic E-state index is 12.6. The van der Waals surface area contributed by atoms with Crippen molar-refractivity contribution in [1.82, 2.24) is 20.1 Å². The molecule has 2 aliphatic carbocycles. The van der Waals surface area contributed by atoms with E-state index in [4.69, 9.17) is 4.74 Å². The van der Waals surface area contributed by atoms with Crippen LogP contribution >= 0.6 is 11.8 Å². The fourth-order valence-corrected chi connectivity index (χ4v) is 4.75. The molecule has 1 saturated carbocycles. The van der Waals surface area contributed by atoms with Gasteiger partial charge in [-0.2, -0.15) is 0 Å². The average Bonchev–Trinajstić information content (AvgIpc) is 3.49. The molecule has 1 amide bonds. The molecule has 2 fully saturated rings. The third-order valence-corrected chi connectivity index (χ3v) is 6.69. The summed E-state index contributed by atoms with van der Waals surface area (Å²) < 4.78 is 7.70. The van der Waals surface area contributed by atoms with Gasteiger partial charge in [0, 0.05) is 25.7 Å². The molecule has 1 aliphatic heterocycles. The smallest absolute Gasteiger partial charge is 0.233 e. The number of aromatic nitrogens is 3. The van der Waals surface area contributed by atoms with Gasteiger partial charge in [-0.05, 0) is 51.9 Å². The Balaban J connectivity index is 1.33. The lowest BCUT2D eigenvalue weighted by atomic mass is 9.97. The predicted molar refractivity (Wildman–Crippen MR) is 111 cm³/mol. The lowest BCUT2D eigenvalue weighted by molar-refractivity contribution is -0.120. The number of nitrogens with one attached hydrogen (secondary N) is 1. The molecule has 0 spiro atoms. The third kappa shape index (κ3) is 4.89. The Morgan fingerprint density at radius 1 is 1.32 bits per heavy atom. The molecule has 1 aromatic heterocycles. The molecule has 0 bridgehead atoms. The highest BCUT2D eigenvalue weighted by Gasteiger charge is 2.33. The van der Waals surface area contributed by atoms with Crippen LogP contribution in [-0.2, 0) is 9.53 Å². The first-order valence-electron chi connectivity index (χ1n) is 10.6. The molecule has 1 atom stereocenters. The quantitative estimate of drug-likeness (QED) is 0.530. The third-order valence-electron chi connectivity index (χ3n) is 5.63. The highest BCUT2D eigenvalue weighted by atomic mass is 32.2. The van der Waals surface area contributed by atoms with Crippen LogP contribution in [0.15, 0.2) is 16.8 Å². The van der Waals surface area contributed by atoms with Gasteiger partial charge in [0.15, 0.2) is 5.16 Å². The summed E-state index contributed by atoms with van der Waals surface area (Å²) in [5, 5.41) is 12.7. The van der Waals surface area contributed by atoms with E-state index in [0.717, 1.165) is 50.4 Å². The number of rotatable bonds is 8. The standard InChI is InChI=1S/C20H31N5O2S/c1-15(18(26)21-10-9-16-5-3-2-4-6-16)28-20-23-22-19(25(20)17-7-8-17)24-11-13-27-14-12-24/h5,15,17H,2-4,6-14H2,1H3,(H,21,26). The molecular formula is C20H31N5O2S. The molecule has 2 heterocycles. The van der Waals surface area contributed by atoms with Crippen LogP contribution in [0.3, 0.4) is 0 Å². The Labute approximate surface area is 171 Å². The van der Waals surface area contributed by atoms with Crippen molar-refractivity contribution in [2.75, 3.05) is 37.7 Å². The first-order chi connectivity index (χ1) is 13.7. The van der Waals surface area contributed by atoms with Crippen LogP contribution in [-0.4, -0.2) is 58.8 Å². The zero-order chi connectivity index (χ0) is 19.3. The number of carbonyl (C=O) groups excluding carboxylic acids is 1. The number of hydrogen-bond acceptors (Lipinski definition) is 6. The topological polar surface area (TPSA) is 72.3 Å². The molecule has 8 heteroatoms. The molecule has 1 saturated heterocycles. The zero-order valence-corrected chi connectivity index (χ0v) is 17.5. The van der Waals surface area contributed by atoms with Crippen molar-refractivity contribution in [1.29, 1.82) is 0 Å². The summed E-state index contributed by atoms with van der Waals surface area (Å²) in [4.78, 5) is 14.8. The Hall–Kier alpha value is -1.54. The fraction of sp³-hybridized carbons (Fsp3) is 0.750. The van der Waals surface area contributed by atoms with Crippen molar-refractivity contribution in [2.45, 2.75) is 68.3 Å². The molecule has 154 valence electrons. The van der Waals surface area contributed by atoms with Crippen LogP contribution in [0.1, 0.15) is 57.9 Å². The van der Waals surface area contributed by atoms with Gasteiger partial charge in [-0.3, -0.25) is 9.36 Å². The van der Waals surface area contributed by atoms with Crippen molar-refractivity contribution >= 4 is 23.6 Å². The molecule has 4 rings (SSSR count). The number of hydrogen-bond donors (Lipinski definition) is 1. The van der Waals surface area contributed by atoms with E-state index in [0.29, 0.717) is 6.04 Å². The van der Waals surface area contributed by atoms with Gasteiger partial charge in [0.1, 0.15) is 0 Å². The lowest BCUT2D eigenvalue weighted by Crippen LogP contribution is -2.38. The van der Waals surface area contributed by atoms with Crippen LogP contribution < -0.4 is 10.2 Å². The Kier molecular flexibility index (Phi) is 6.57. The minimum atomic E-state index is -0.181. The van der Waals surface area contributed by atoms with E-state index >= 15 is 0 Å². The highest BCUT2D eigenvalue weighted by molar-refractivity contribution is 8.00. The van der Waals surface area contributed by atoms with Crippen LogP contribution in [0.5, 0.6) is 0 Å². The van der Waals surface area contributed by atoms with E-state index in [2.05, 4.69) is 31.1 Å². The summed E-state index contributed by atoms with van der Waals surface area (Å²) in [6.45, 7) is 5.84. The summed E-state index contributed by atoms with van der Waals surface area (Å²) in [6.07, 6.45) is 10.6. The SMILES string of the molecule is CC(Sc1nnc(N2CCOCC2)n1C1CC1)C(=O)NCCC1=CCCCC1. The van der Waals surface area contributed by atoms with E-state index in [9.17, 15) is 4.79 Å². The van der Waals surface area contributed by atoms with Crippen molar-refractivity contribution in [3.05, 3.63) is 11.6 Å². The van der Waals surface area contributed by atoms with Gasteiger partial charge in [0.05, 0.1) is 18.5 Å². The van der Waals surface area contributed by atoms with Gasteiger partial charge in [-0.25, -0.2) is 0 Å². The second kappa shape index (κ2) is 9.31. The Morgan fingerprint density at radius 3 is 2.86 bits per heavy atom. The minimum Gasteiger partial charge on any atom is -0.378 e. The normalized spacial score (nSPS) is 21.3. The van der Waals surface area contributed by atoms with Crippen LogP contribution in [0.4, 0.5) is 5.95 Å². The van der Waals surface area contributed by atoms with Crippen LogP contribution in [0, 0.1) is 0 Å². The Bertz CT molecular complexity index is 709. The Morgan fingerprint density at radius 2 is 2.14 bits per heavy atom. The van der Waals surface area contributed by atoms with E-state index in [1.54, 1.807) is 0 Å². The first-order valence-corrected chi connectivity index (χ1v) is 11.5. The van der Waals surface area contributed by atoms with Crippen LogP contribution in [0.25, 0.3) is 0 Å². The maximum Gasteiger partial charge on any atom is 0.233 e. The zero-order valence-electron chi connectivity index (χ0n) is 16.7. The summed E-state index contributed by atoms with van der Waals surface area (Å²) >= 11 is 1.52. The minimum absolute atomic E-state index is 0.0830. The van der Waals surface area contributed by atoms with E-state index in [1.165, 1.54) is 55.9 Å². The van der Waals surface area contributed by atoms with Gasteiger partial charge < -0.3 is 15.0 Å². The maximum absolute atomic E-state index is 12.6. The number of anilines is 1. The number of carbonyl (C=O) groups is 1. The summed E-state index contributed by atoms with van der Waals surface area (Å²) in [7, 11) is 0.